The number of morpholine rings is 1. The predicted molar refractivity (Wildman–Crippen MR) is 69.4 cm³/mol. The van der Waals surface area contributed by atoms with E-state index in [2.05, 4.69) is 10.2 Å². The van der Waals surface area contributed by atoms with E-state index in [9.17, 15) is 4.39 Å². The maximum Gasteiger partial charge on any atom is 0.108 e. The average Bonchev–Trinajstić information content (AvgIpc) is 2.31. The van der Waals surface area contributed by atoms with Crippen LogP contribution in [0.5, 0.6) is 0 Å². The maximum atomic E-state index is 13.8. The Morgan fingerprint density at radius 3 is 2.44 bits per heavy atom. The summed E-state index contributed by atoms with van der Waals surface area (Å²) in [6.45, 7) is 6.72. The molecule has 2 bridgehead atoms. The van der Waals surface area contributed by atoms with Gasteiger partial charge in [-0.05, 0) is 38.5 Å². The largest absolute Gasteiger partial charge is 0.378 e. The molecule has 104 valence electrons. The summed E-state index contributed by atoms with van der Waals surface area (Å²) >= 11 is 0. The Bertz CT molecular complexity index is 266. The van der Waals surface area contributed by atoms with Gasteiger partial charge in [-0.15, -0.1) is 0 Å². The van der Waals surface area contributed by atoms with Gasteiger partial charge in [0.15, 0.2) is 0 Å². The van der Waals surface area contributed by atoms with Gasteiger partial charge in [-0.1, -0.05) is 0 Å². The van der Waals surface area contributed by atoms with Crippen LogP contribution >= 0.6 is 0 Å². The molecular weight excluding hydrogens is 231 g/mol. The van der Waals surface area contributed by atoms with E-state index in [1.165, 1.54) is 0 Å². The third-order valence-electron chi connectivity index (χ3n) is 4.94. The molecule has 2 heterocycles. The number of ether oxygens (including phenoxy) is 1. The number of fused-ring (bicyclic) bond motifs is 2. The zero-order valence-electron chi connectivity index (χ0n) is 11.3. The molecule has 3 aliphatic rings. The van der Waals surface area contributed by atoms with E-state index < -0.39 is 5.67 Å². The highest BCUT2D eigenvalue weighted by molar-refractivity contribution is 4.93. The SMILES string of the molecule is CC1(F)CCC(CN2[C@@H]3CNC[C@H]2COC3)CC1. The second-order valence-corrected chi connectivity index (χ2v) is 6.56. The Hall–Kier alpha value is -0.190. The molecule has 1 aliphatic carbocycles. The zero-order valence-corrected chi connectivity index (χ0v) is 11.3. The van der Waals surface area contributed by atoms with Gasteiger partial charge in [0, 0.05) is 31.7 Å². The molecule has 18 heavy (non-hydrogen) atoms. The molecule has 1 N–H and O–H groups in total. The lowest BCUT2D eigenvalue weighted by Gasteiger charge is -2.48. The van der Waals surface area contributed by atoms with Crippen molar-refractivity contribution < 1.29 is 9.13 Å². The molecule has 0 spiro atoms. The first-order chi connectivity index (χ1) is 8.64. The molecule has 3 rings (SSSR count). The van der Waals surface area contributed by atoms with Crippen molar-refractivity contribution in [2.24, 2.45) is 5.92 Å². The number of piperazine rings is 1. The molecule has 3 fully saturated rings. The Morgan fingerprint density at radius 1 is 1.22 bits per heavy atom. The third-order valence-corrected chi connectivity index (χ3v) is 4.94. The molecule has 4 heteroatoms. The van der Waals surface area contributed by atoms with Crippen LogP contribution in [0.2, 0.25) is 0 Å². The van der Waals surface area contributed by atoms with E-state index in [-0.39, 0.29) is 0 Å². The first-order valence-electron chi connectivity index (χ1n) is 7.37. The highest BCUT2D eigenvalue weighted by Gasteiger charge is 2.37. The lowest BCUT2D eigenvalue weighted by atomic mass is 9.80. The Labute approximate surface area is 109 Å². The summed E-state index contributed by atoms with van der Waals surface area (Å²) in [7, 11) is 0. The molecule has 0 amide bonds. The fourth-order valence-corrected chi connectivity index (χ4v) is 3.66. The summed E-state index contributed by atoms with van der Waals surface area (Å²) in [6.07, 6.45) is 3.60. The molecule has 3 nitrogen and oxygen atoms in total. The van der Waals surface area contributed by atoms with Crippen molar-refractivity contribution in [1.82, 2.24) is 10.2 Å². The smallest absolute Gasteiger partial charge is 0.108 e. The van der Waals surface area contributed by atoms with Crippen LogP contribution in [0.3, 0.4) is 0 Å². The molecule has 0 aromatic heterocycles. The predicted octanol–water partition coefficient (Wildman–Crippen LogP) is 1.58. The Kier molecular flexibility index (Phi) is 3.61. The summed E-state index contributed by atoms with van der Waals surface area (Å²) in [6, 6.07) is 1.08. The summed E-state index contributed by atoms with van der Waals surface area (Å²) in [5.74, 6) is 0.690. The van der Waals surface area contributed by atoms with Gasteiger partial charge in [0.05, 0.1) is 13.2 Å². The number of halogens is 1. The van der Waals surface area contributed by atoms with Crippen molar-refractivity contribution in [2.75, 3.05) is 32.8 Å². The molecule has 2 atom stereocenters. The minimum Gasteiger partial charge on any atom is -0.378 e. The van der Waals surface area contributed by atoms with Gasteiger partial charge in [0.1, 0.15) is 5.67 Å². The van der Waals surface area contributed by atoms with E-state index >= 15 is 0 Å². The minimum atomic E-state index is -0.904. The van der Waals surface area contributed by atoms with Crippen LogP contribution in [0.1, 0.15) is 32.6 Å². The monoisotopic (exact) mass is 256 g/mol. The fraction of sp³-hybridized carbons (Fsp3) is 1.00. The van der Waals surface area contributed by atoms with Crippen molar-refractivity contribution >= 4 is 0 Å². The number of hydrogen-bond donors (Lipinski definition) is 1. The van der Waals surface area contributed by atoms with Crippen LogP contribution in [-0.4, -0.2) is 55.5 Å². The van der Waals surface area contributed by atoms with Crippen LogP contribution < -0.4 is 5.32 Å². The molecule has 0 unspecified atom stereocenters. The molecule has 1 saturated carbocycles. The van der Waals surface area contributed by atoms with E-state index in [1.54, 1.807) is 6.92 Å². The topological polar surface area (TPSA) is 24.5 Å². The van der Waals surface area contributed by atoms with Gasteiger partial charge < -0.3 is 10.1 Å². The molecule has 0 aromatic carbocycles. The lowest BCUT2D eigenvalue weighted by Crippen LogP contribution is -2.64. The molecule has 0 radical (unpaired) electrons. The zero-order chi connectivity index (χ0) is 12.6. The van der Waals surface area contributed by atoms with Gasteiger partial charge in [0.25, 0.3) is 0 Å². The number of nitrogens with one attached hydrogen (secondary N) is 1. The lowest BCUT2D eigenvalue weighted by molar-refractivity contribution is -0.0745. The van der Waals surface area contributed by atoms with Gasteiger partial charge in [-0.25, -0.2) is 4.39 Å². The quantitative estimate of drug-likeness (QED) is 0.812. The molecular formula is C14H25FN2O. The van der Waals surface area contributed by atoms with Crippen LogP contribution in [-0.2, 0) is 4.74 Å². The van der Waals surface area contributed by atoms with Gasteiger partial charge in [-0.3, -0.25) is 4.90 Å². The van der Waals surface area contributed by atoms with E-state index in [4.69, 9.17) is 4.74 Å². The normalized spacial score (nSPS) is 46.0. The first-order valence-corrected chi connectivity index (χ1v) is 7.37. The van der Waals surface area contributed by atoms with Crippen LogP contribution in [0.25, 0.3) is 0 Å². The third kappa shape index (κ3) is 2.70. The van der Waals surface area contributed by atoms with Crippen LogP contribution in [0, 0.1) is 5.92 Å². The standard InChI is InChI=1S/C14H25FN2O/c1-14(15)4-2-11(3-5-14)8-17-12-6-16-7-13(17)10-18-9-12/h11-13,16H,2-10H2,1H3/t11?,12-,13+,14?. The van der Waals surface area contributed by atoms with E-state index in [0.29, 0.717) is 18.0 Å². The highest BCUT2D eigenvalue weighted by Crippen LogP contribution is 2.35. The van der Waals surface area contributed by atoms with Gasteiger partial charge in [0.2, 0.25) is 0 Å². The molecule has 0 aromatic rings. The number of hydrogen-bond acceptors (Lipinski definition) is 3. The first kappa shape index (κ1) is 12.8. The highest BCUT2D eigenvalue weighted by atomic mass is 19.1. The minimum absolute atomic E-state index is 0.538. The van der Waals surface area contributed by atoms with Crippen molar-refractivity contribution in [3.05, 3.63) is 0 Å². The van der Waals surface area contributed by atoms with E-state index in [1.807, 2.05) is 0 Å². The number of alkyl halides is 1. The summed E-state index contributed by atoms with van der Waals surface area (Å²) in [4.78, 5) is 2.63. The summed E-state index contributed by atoms with van der Waals surface area (Å²) < 4.78 is 19.5. The summed E-state index contributed by atoms with van der Waals surface area (Å²) in [5, 5.41) is 3.49. The van der Waals surface area contributed by atoms with Gasteiger partial charge >= 0.3 is 0 Å². The van der Waals surface area contributed by atoms with Crippen molar-refractivity contribution in [3.63, 3.8) is 0 Å². The van der Waals surface area contributed by atoms with Crippen LogP contribution in [0.15, 0.2) is 0 Å². The second-order valence-electron chi connectivity index (χ2n) is 6.56. The number of rotatable bonds is 2. The average molecular weight is 256 g/mol. The number of nitrogens with zero attached hydrogens (tertiary/aromatic N) is 1. The molecule has 2 aliphatic heterocycles. The van der Waals surface area contributed by atoms with Crippen molar-refractivity contribution in [2.45, 2.75) is 50.4 Å². The fourth-order valence-electron chi connectivity index (χ4n) is 3.66. The van der Waals surface area contributed by atoms with Crippen molar-refractivity contribution in [1.29, 1.82) is 0 Å². The maximum absolute atomic E-state index is 13.8. The van der Waals surface area contributed by atoms with Crippen LogP contribution in [0.4, 0.5) is 4.39 Å². The second kappa shape index (κ2) is 5.06. The molecule has 2 saturated heterocycles. The Balaban J connectivity index is 1.56. The van der Waals surface area contributed by atoms with E-state index in [0.717, 1.165) is 58.5 Å². The van der Waals surface area contributed by atoms with Crippen molar-refractivity contribution in [3.8, 4) is 0 Å². The summed E-state index contributed by atoms with van der Waals surface area (Å²) in [5.41, 5.74) is -0.904. The van der Waals surface area contributed by atoms with Gasteiger partial charge in [-0.2, -0.15) is 0 Å². The Morgan fingerprint density at radius 2 is 1.83 bits per heavy atom.